The van der Waals surface area contributed by atoms with Gasteiger partial charge in [0.25, 0.3) is 5.91 Å². The maximum absolute atomic E-state index is 13.2. The highest BCUT2D eigenvalue weighted by atomic mass is 16.5. The Balaban J connectivity index is 1.22. The van der Waals surface area contributed by atoms with Crippen LogP contribution >= 0.6 is 0 Å². The lowest BCUT2D eigenvalue weighted by molar-refractivity contribution is 0.0342. The standard InChI is InChI=1S/C28H27N7O2/c36-28(26-23(7-4-10-30-26)31-20-5-2-1-3-6-20)34-25-17-29-16-21(25)27-32-22-9-8-19(15-24(22)33-27)18-35-11-13-37-14-12-35/h1-10,15-17,29,31H,11-14,18H2,(H,32,33)(H,34,36). The van der Waals surface area contributed by atoms with Crippen molar-refractivity contribution in [1.29, 1.82) is 0 Å². The van der Waals surface area contributed by atoms with Crippen molar-refractivity contribution in [3.8, 4) is 11.4 Å². The molecule has 37 heavy (non-hydrogen) atoms. The molecule has 3 aromatic heterocycles. The second-order valence-electron chi connectivity index (χ2n) is 8.95. The fourth-order valence-corrected chi connectivity index (χ4v) is 4.51. The fraction of sp³-hybridized carbons (Fsp3) is 0.179. The highest BCUT2D eigenvalue weighted by Crippen LogP contribution is 2.29. The lowest BCUT2D eigenvalue weighted by Gasteiger charge is -2.26. The predicted molar refractivity (Wildman–Crippen MR) is 144 cm³/mol. The van der Waals surface area contributed by atoms with Gasteiger partial charge in [-0.1, -0.05) is 24.3 Å². The van der Waals surface area contributed by atoms with Crippen LogP contribution in [0.3, 0.4) is 0 Å². The molecule has 4 heterocycles. The van der Waals surface area contributed by atoms with E-state index in [2.05, 4.69) is 42.6 Å². The third-order valence-corrected chi connectivity index (χ3v) is 6.38. The highest BCUT2D eigenvalue weighted by molar-refractivity contribution is 6.08. The summed E-state index contributed by atoms with van der Waals surface area (Å²) in [4.78, 5) is 31.2. The number of para-hydroxylation sites is 1. The minimum Gasteiger partial charge on any atom is -0.379 e. The number of nitrogens with one attached hydrogen (secondary N) is 4. The first-order valence-corrected chi connectivity index (χ1v) is 12.3. The molecule has 9 nitrogen and oxygen atoms in total. The minimum atomic E-state index is -0.316. The molecule has 4 N–H and O–H groups in total. The number of nitrogens with zero attached hydrogens (tertiary/aromatic N) is 3. The average Bonchev–Trinajstić information content (AvgIpc) is 3.56. The number of anilines is 3. The van der Waals surface area contributed by atoms with E-state index in [0.717, 1.165) is 55.1 Å². The summed E-state index contributed by atoms with van der Waals surface area (Å²) in [6.45, 7) is 4.32. The molecule has 1 saturated heterocycles. The van der Waals surface area contributed by atoms with Gasteiger partial charge in [-0.15, -0.1) is 0 Å². The maximum atomic E-state index is 13.2. The van der Waals surface area contributed by atoms with Crippen LogP contribution in [0, 0.1) is 0 Å². The first-order valence-electron chi connectivity index (χ1n) is 12.3. The van der Waals surface area contributed by atoms with Gasteiger partial charge in [0.2, 0.25) is 0 Å². The molecular formula is C28H27N7O2. The van der Waals surface area contributed by atoms with Gasteiger partial charge in [0.15, 0.2) is 5.69 Å². The van der Waals surface area contributed by atoms with E-state index >= 15 is 0 Å². The molecule has 1 aliphatic heterocycles. The number of carbonyl (C=O) groups excluding carboxylic acids is 1. The van der Waals surface area contributed by atoms with E-state index in [4.69, 9.17) is 9.72 Å². The smallest absolute Gasteiger partial charge is 0.276 e. The van der Waals surface area contributed by atoms with Crippen LogP contribution in [-0.4, -0.2) is 57.0 Å². The van der Waals surface area contributed by atoms with Crippen LogP contribution in [0.4, 0.5) is 17.1 Å². The Labute approximate surface area is 213 Å². The van der Waals surface area contributed by atoms with E-state index in [1.165, 1.54) is 5.56 Å². The predicted octanol–water partition coefficient (Wildman–Crippen LogP) is 4.78. The Morgan fingerprint density at radius 3 is 2.73 bits per heavy atom. The first kappa shape index (κ1) is 23.0. The van der Waals surface area contributed by atoms with Gasteiger partial charge in [-0.3, -0.25) is 9.69 Å². The van der Waals surface area contributed by atoms with Gasteiger partial charge in [0, 0.05) is 43.9 Å². The molecule has 2 aromatic carbocycles. The van der Waals surface area contributed by atoms with Crippen LogP contribution < -0.4 is 10.6 Å². The molecule has 1 fully saturated rings. The van der Waals surface area contributed by atoms with Crippen LogP contribution in [0.15, 0.2) is 79.3 Å². The first-order chi connectivity index (χ1) is 18.2. The van der Waals surface area contributed by atoms with Crippen molar-refractivity contribution < 1.29 is 9.53 Å². The van der Waals surface area contributed by atoms with Crippen molar-refractivity contribution in [1.82, 2.24) is 24.8 Å². The Kier molecular flexibility index (Phi) is 6.36. The third kappa shape index (κ3) is 5.09. The summed E-state index contributed by atoms with van der Waals surface area (Å²) in [7, 11) is 0. The molecular weight excluding hydrogens is 466 g/mol. The number of aromatic amines is 2. The molecule has 1 amide bonds. The van der Waals surface area contributed by atoms with Gasteiger partial charge in [-0.05, 0) is 42.0 Å². The average molecular weight is 494 g/mol. The van der Waals surface area contributed by atoms with Gasteiger partial charge in [0.05, 0.1) is 41.2 Å². The zero-order valence-electron chi connectivity index (χ0n) is 20.2. The van der Waals surface area contributed by atoms with Crippen molar-refractivity contribution in [2.45, 2.75) is 6.54 Å². The van der Waals surface area contributed by atoms with Crippen molar-refractivity contribution in [2.24, 2.45) is 0 Å². The van der Waals surface area contributed by atoms with Crippen LogP contribution in [0.2, 0.25) is 0 Å². The summed E-state index contributed by atoms with van der Waals surface area (Å²) in [6, 6.07) is 19.6. The molecule has 1 aliphatic rings. The van der Waals surface area contributed by atoms with Gasteiger partial charge < -0.3 is 25.3 Å². The monoisotopic (exact) mass is 493 g/mol. The number of carbonyl (C=O) groups is 1. The third-order valence-electron chi connectivity index (χ3n) is 6.38. The minimum absolute atomic E-state index is 0.302. The number of rotatable bonds is 7. The van der Waals surface area contributed by atoms with Crippen LogP contribution in [0.1, 0.15) is 16.1 Å². The zero-order chi connectivity index (χ0) is 25.0. The lowest BCUT2D eigenvalue weighted by atomic mass is 10.2. The summed E-state index contributed by atoms with van der Waals surface area (Å²) in [5.41, 5.74) is 6.25. The van der Waals surface area contributed by atoms with Crippen LogP contribution in [0.5, 0.6) is 0 Å². The quantitative estimate of drug-likeness (QED) is 0.260. The van der Waals surface area contributed by atoms with Gasteiger partial charge in [-0.25, -0.2) is 9.97 Å². The Morgan fingerprint density at radius 1 is 1.00 bits per heavy atom. The molecule has 0 aliphatic carbocycles. The van der Waals surface area contributed by atoms with Gasteiger partial charge in [0.1, 0.15) is 5.82 Å². The number of pyridine rings is 1. The Bertz CT molecular complexity index is 1520. The molecule has 0 atom stereocenters. The fourth-order valence-electron chi connectivity index (χ4n) is 4.51. The lowest BCUT2D eigenvalue weighted by Crippen LogP contribution is -2.35. The topological polar surface area (TPSA) is 111 Å². The number of imidazole rings is 1. The Morgan fingerprint density at radius 2 is 1.86 bits per heavy atom. The van der Waals surface area contributed by atoms with E-state index in [-0.39, 0.29) is 5.91 Å². The maximum Gasteiger partial charge on any atom is 0.276 e. The van der Waals surface area contributed by atoms with E-state index in [9.17, 15) is 4.79 Å². The molecule has 0 radical (unpaired) electrons. The number of H-pyrrole nitrogens is 2. The molecule has 0 spiro atoms. The van der Waals surface area contributed by atoms with E-state index in [1.54, 1.807) is 18.5 Å². The number of morpholine rings is 1. The molecule has 186 valence electrons. The van der Waals surface area contributed by atoms with Crippen LogP contribution in [-0.2, 0) is 11.3 Å². The number of hydrogen-bond donors (Lipinski definition) is 4. The molecule has 6 rings (SSSR count). The van der Waals surface area contributed by atoms with E-state index in [0.29, 0.717) is 22.9 Å². The van der Waals surface area contributed by atoms with E-state index in [1.807, 2.05) is 48.7 Å². The highest BCUT2D eigenvalue weighted by Gasteiger charge is 2.18. The second kappa shape index (κ2) is 10.3. The number of fused-ring (bicyclic) bond motifs is 1. The molecule has 0 saturated carbocycles. The molecule has 0 unspecified atom stereocenters. The Hall–Kier alpha value is -4.47. The van der Waals surface area contributed by atoms with Gasteiger partial charge >= 0.3 is 0 Å². The number of amides is 1. The van der Waals surface area contributed by atoms with Crippen molar-refractivity contribution >= 4 is 34.0 Å². The molecule has 9 heteroatoms. The normalized spacial score (nSPS) is 14.1. The summed E-state index contributed by atoms with van der Waals surface area (Å²) in [5.74, 6) is 0.363. The van der Waals surface area contributed by atoms with Crippen molar-refractivity contribution in [3.05, 3.63) is 90.5 Å². The van der Waals surface area contributed by atoms with Crippen molar-refractivity contribution in [2.75, 3.05) is 36.9 Å². The largest absolute Gasteiger partial charge is 0.379 e. The number of ether oxygens (including phenoxy) is 1. The van der Waals surface area contributed by atoms with E-state index < -0.39 is 0 Å². The summed E-state index contributed by atoms with van der Waals surface area (Å²) >= 11 is 0. The molecule has 5 aromatic rings. The van der Waals surface area contributed by atoms with Crippen molar-refractivity contribution in [3.63, 3.8) is 0 Å². The number of benzene rings is 2. The SMILES string of the molecule is O=C(Nc1c[nH]cc1-c1nc2ccc(CN3CCOCC3)cc2[nH]1)c1ncccc1Nc1ccccc1. The summed E-state index contributed by atoms with van der Waals surface area (Å²) in [5, 5.41) is 6.26. The number of aromatic nitrogens is 4. The number of hydrogen-bond acceptors (Lipinski definition) is 6. The molecule has 0 bridgehead atoms. The summed E-state index contributed by atoms with van der Waals surface area (Å²) in [6.07, 6.45) is 5.18. The summed E-state index contributed by atoms with van der Waals surface area (Å²) < 4.78 is 5.45. The second-order valence-corrected chi connectivity index (χ2v) is 8.95. The van der Waals surface area contributed by atoms with Gasteiger partial charge in [-0.2, -0.15) is 0 Å². The van der Waals surface area contributed by atoms with Crippen LogP contribution in [0.25, 0.3) is 22.4 Å². The zero-order valence-corrected chi connectivity index (χ0v) is 20.2.